The molecule has 0 saturated carbocycles. The van der Waals surface area contributed by atoms with Gasteiger partial charge >= 0.3 is 5.69 Å². The quantitative estimate of drug-likeness (QED) is 0.554. The van der Waals surface area contributed by atoms with E-state index < -0.39 is 5.69 Å². The summed E-state index contributed by atoms with van der Waals surface area (Å²) in [7, 11) is 0. The summed E-state index contributed by atoms with van der Waals surface area (Å²) < 4.78 is 12.4. The Morgan fingerprint density at radius 1 is 0.935 bits per heavy atom. The van der Waals surface area contributed by atoms with Crippen LogP contribution in [0.1, 0.15) is 0 Å². The molecule has 31 heavy (non-hydrogen) atoms. The molecule has 1 amide bonds. The first-order valence-corrected chi connectivity index (χ1v) is 9.93. The topological polar surface area (TPSA) is 82.5 Å². The van der Waals surface area contributed by atoms with Crippen LogP contribution in [0.2, 0.25) is 0 Å². The van der Waals surface area contributed by atoms with Gasteiger partial charge in [-0.15, -0.1) is 0 Å². The van der Waals surface area contributed by atoms with Gasteiger partial charge < -0.3 is 14.8 Å². The number of aromatic nitrogens is 2. The zero-order chi connectivity index (χ0) is 21.2. The maximum atomic E-state index is 12.8. The molecular weight excluding hydrogens is 394 g/mol. The fraction of sp³-hybridized carbons (Fsp3) is 0.125. The highest BCUT2D eigenvalue weighted by molar-refractivity contribution is 5.95. The van der Waals surface area contributed by atoms with Crippen LogP contribution in [0.25, 0.3) is 22.2 Å². The van der Waals surface area contributed by atoms with Crippen LogP contribution in [0.5, 0.6) is 11.5 Å². The van der Waals surface area contributed by atoms with Crippen LogP contribution in [0, 0.1) is 0 Å². The molecular formula is C24H19N3O4. The van der Waals surface area contributed by atoms with Gasteiger partial charge in [-0.3, -0.25) is 9.36 Å². The van der Waals surface area contributed by atoms with Crippen LogP contribution < -0.4 is 20.5 Å². The normalized spacial score (nSPS) is 12.5. The van der Waals surface area contributed by atoms with Gasteiger partial charge in [-0.2, -0.15) is 4.98 Å². The minimum atomic E-state index is -0.477. The Bertz CT molecular complexity index is 1330. The molecule has 0 aliphatic carbocycles. The van der Waals surface area contributed by atoms with E-state index in [9.17, 15) is 9.59 Å². The maximum Gasteiger partial charge on any atom is 0.349 e. The number of carbonyl (C=O) groups excluding carboxylic acids is 1. The number of hydrogen-bond acceptors (Lipinski definition) is 5. The van der Waals surface area contributed by atoms with Crippen molar-refractivity contribution < 1.29 is 14.3 Å². The van der Waals surface area contributed by atoms with Crippen molar-refractivity contribution in [2.75, 3.05) is 18.5 Å². The fourth-order valence-corrected chi connectivity index (χ4v) is 3.66. The molecule has 1 N–H and O–H groups in total. The van der Waals surface area contributed by atoms with Crippen LogP contribution in [0.4, 0.5) is 5.69 Å². The smallest absolute Gasteiger partial charge is 0.349 e. The zero-order valence-corrected chi connectivity index (χ0v) is 16.6. The lowest BCUT2D eigenvalue weighted by molar-refractivity contribution is -0.116. The molecule has 154 valence electrons. The van der Waals surface area contributed by atoms with Crippen molar-refractivity contribution in [1.29, 1.82) is 0 Å². The van der Waals surface area contributed by atoms with Gasteiger partial charge in [-0.1, -0.05) is 48.5 Å². The van der Waals surface area contributed by atoms with Crippen molar-refractivity contribution >= 4 is 22.5 Å². The lowest BCUT2D eigenvalue weighted by Crippen LogP contribution is -2.30. The van der Waals surface area contributed by atoms with Gasteiger partial charge in [0.1, 0.15) is 19.8 Å². The van der Waals surface area contributed by atoms with Crippen molar-refractivity contribution in [1.82, 2.24) is 9.55 Å². The first-order chi connectivity index (χ1) is 15.2. The standard InChI is InChI=1S/C24H19N3O4/c28-22(25-17-10-11-20-21(14-17)31-13-12-30-20)15-27-19-9-5-4-8-18(19)23(26-24(27)29)16-6-2-1-3-7-16/h1-11,14H,12-13,15H2,(H,25,28). The van der Waals surface area contributed by atoms with Gasteiger partial charge in [0, 0.05) is 22.7 Å². The second-order valence-electron chi connectivity index (χ2n) is 7.12. The number of fused-ring (bicyclic) bond motifs is 2. The minimum Gasteiger partial charge on any atom is -0.486 e. The van der Waals surface area contributed by atoms with Crippen LogP contribution in [-0.2, 0) is 11.3 Å². The number of nitrogens with one attached hydrogen (secondary N) is 1. The van der Waals surface area contributed by atoms with E-state index in [-0.39, 0.29) is 12.5 Å². The van der Waals surface area contributed by atoms with Gasteiger partial charge in [0.05, 0.1) is 11.2 Å². The first-order valence-electron chi connectivity index (χ1n) is 9.93. The monoisotopic (exact) mass is 413 g/mol. The number of nitrogens with zero attached hydrogens (tertiary/aromatic N) is 2. The number of benzene rings is 3. The van der Waals surface area contributed by atoms with Crippen molar-refractivity contribution in [2.24, 2.45) is 0 Å². The highest BCUT2D eigenvalue weighted by atomic mass is 16.6. The summed E-state index contributed by atoms with van der Waals surface area (Å²) >= 11 is 0. The number of hydrogen-bond donors (Lipinski definition) is 1. The highest BCUT2D eigenvalue weighted by Crippen LogP contribution is 2.32. The van der Waals surface area contributed by atoms with Gasteiger partial charge in [-0.05, 0) is 18.2 Å². The van der Waals surface area contributed by atoms with Gasteiger partial charge in [0.15, 0.2) is 11.5 Å². The van der Waals surface area contributed by atoms with Crippen molar-refractivity contribution in [3.8, 4) is 22.8 Å². The molecule has 1 aromatic heterocycles. The molecule has 3 aromatic carbocycles. The molecule has 0 atom stereocenters. The lowest BCUT2D eigenvalue weighted by atomic mass is 10.1. The Kier molecular flexibility index (Phi) is 4.84. The summed E-state index contributed by atoms with van der Waals surface area (Å²) in [5.41, 5.74) is 2.20. The third-order valence-electron chi connectivity index (χ3n) is 5.06. The number of rotatable bonds is 4. The molecule has 2 heterocycles. The average Bonchev–Trinajstić information content (AvgIpc) is 2.81. The van der Waals surface area contributed by atoms with E-state index in [4.69, 9.17) is 9.47 Å². The molecule has 0 bridgehead atoms. The summed E-state index contributed by atoms with van der Waals surface area (Å²) in [5, 5.41) is 3.62. The molecule has 7 heteroatoms. The maximum absolute atomic E-state index is 12.8. The molecule has 0 radical (unpaired) electrons. The zero-order valence-electron chi connectivity index (χ0n) is 16.6. The Hall–Kier alpha value is -4.13. The van der Waals surface area contributed by atoms with E-state index in [1.807, 2.05) is 54.6 Å². The van der Waals surface area contributed by atoms with Crippen molar-refractivity contribution in [2.45, 2.75) is 6.54 Å². The number of anilines is 1. The van der Waals surface area contributed by atoms with Gasteiger partial charge in [-0.25, -0.2) is 4.79 Å². The summed E-state index contributed by atoms with van der Waals surface area (Å²) in [6.45, 7) is 0.807. The number of ether oxygens (including phenoxy) is 2. The summed E-state index contributed by atoms with van der Waals surface area (Å²) in [6.07, 6.45) is 0. The first kappa shape index (κ1) is 18.9. The Morgan fingerprint density at radius 3 is 2.52 bits per heavy atom. The third-order valence-corrected chi connectivity index (χ3v) is 5.06. The molecule has 1 aliphatic heterocycles. The Balaban J connectivity index is 1.46. The summed E-state index contributed by atoms with van der Waals surface area (Å²) in [6, 6.07) is 22.2. The molecule has 5 rings (SSSR count). The van der Waals surface area contributed by atoms with E-state index in [1.165, 1.54) is 4.57 Å². The second kappa shape index (κ2) is 7.95. The van der Waals surface area contributed by atoms with E-state index in [0.717, 1.165) is 10.9 Å². The number of carbonyl (C=O) groups is 1. The van der Waals surface area contributed by atoms with E-state index in [2.05, 4.69) is 10.3 Å². The van der Waals surface area contributed by atoms with Crippen molar-refractivity contribution in [3.63, 3.8) is 0 Å². The lowest BCUT2D eigenvalue weighted by Gasteiger charge is -2.19. The molecule has 4 aromatic rings. The predicted octanol–water partition coefficient (Wildman–Crippen LogP) is 3.47. The number of para-hydroxylation sites is 1. The van der Waals surface area contributed by atoms with Crippen molar-refractivity contribution in [3.05, 3.63) is 83.3 Å². The summed E-state index contributed by atoms with van der Waals surface area (Å²) in [4.78, 5) is 29.9. The van der Waals surface area contributed by atoms with Gasteiger partial charge in [0.25, 0.3) is 0 Å². The minimum absolute atomic E-state index is 0.157. The highest BCUT2D eigenvalue weighted by Gasteiger charge is 2.16. The molecule has 1 aliphatic rings. The second-order valence-corrected chi connectivity index (χ2v) is 7.12. The van der Waals surface area contributed by atoms with Crippen LogP contribution >= 0.6 is 0 Å². The van der Waals surface area contributed by atoms with Crippen LogP contribution in [0.3, 0.4) is 0 Å². The third kappa shape index (κ3) is 3.73. The largest absolute Gasteiger partial charge is 0.486 e. The SMILES string of the molecule is O=C(Cn1c(=O)nc(-c2ccccc2)c2ccccc21)Nc1ccc2c(c1)OCCO2. The van der Waals surface area contributed by atoms with E-state index in [1.54, 1.807) is 18.2 Å². The van der Waals surface area contributed by atoms with Gasteiger partial charge in [0.2, 0.25) is 5.91 Å². The number of amides is 1. The molecule has 0 fully saturated rings. The van der Waals surface area contributed by atoms with E-state index >= 15 is 0 Å². The fourth-order valence-electron chi connectivity index (χ4n) is 3.66. The summed E-state index contributed by atoms with van der Waals surface area (Å²) in [5.74, 6) is 0.894. The van der Waals surface area contributed by atoms with Crippen LogP contribution in [0.15, 0.2) is 77.6 Å². The Morgan fingerprint density at radius 2 is 1.68 bits per heavy atom. The molecule has 0 saturated heterocycles. The van der Waals surface area contributed by atoms with Crippen LogP contribution in [-0.4, -0.2) is 28.7 Å². The molecule has 7 nitrogen and oxygen atoms in total. The average molecular weight is 413 g/mol. The Labute approximate surface area is 177 Å². The predicted molar refractivity (Wildman–Crippen MR) is 118 cm³/mol. The molecule has 0 unspecified atom stereocenters. The molecule has 0 spiro atoms. The van der Waals surface area contributed by atoms with E-state index in [0.29, 0.717) is 41.6 Å².